The number of pyridine rings is 2. The molecule has 2 rings (SSSR count). The number of hydrogen-bond donors (Lipinski definition) is 1. The van der Waals surface area contributed by atoms with Crippen LogP contribution in [0.25, 0.3) is 0 Å². The van der Waals surface area contributed by atoms with Crippen LogP contribution in [0.2, 0.25) is 5.15 Å². The van der Waals surface area contributed by atoms with Crippen LogP contribution in [-0.4, -0.2) is 15.9 Å². The van der Waals surface area contributed by atoms with Gasteiger partial charge in [-0.25, -0.2) is 4.98 Å². The Hall–Kier alpha value is -1.94. The lowest BCUT2D eigenvalue weighted by Crippen LogP contribution is -2.13. The first-order valence-corrected chi connectivity index (χ1v) is 6.86. The monoisotopic (exact) mass is 289 g/mol. The van der Waals surface area contributed by atoms with Crippen LogP contribution >= 0.6 is 11.6 Å². The zero-order chi connectivity index (χ0) is 14.5. The van der Waals surface area contributed by atoms with Crippen molar-refractivity contribution in [2.45, 2.75) is 26.7 Å². The first-order valence-electron chi connectivity index (χ1n) is 6.49. The van der Waals surface area contributed by atoms with Crippen LogP contribution in [0, 0.1) is 6.92 Å². The highest BCUT2D eigenvalue weighted by atomic mass is 35.5. The molecule has 0 unspecified atom stereocenters. The molecule has 1 amide bonds. The second-order valence-electron chi connectivity index (χ2n) is 4.56. The molecule has 0 aliphatic rings. The van der Waals surface area contributed by atoms with E-state index in [0.717, 1.165) is 24.2 Å². The van der Waals surface area contributed by atoms with Crippen molar-refractivity contribution in [2.24, 2.45) is 0 Å². The van der Waals surface area contributed by atoms with Crippen LogP contribution in [0.4, 0.5) is 5.69 Å². The zero-order valence-corrected chi connectivity index (χ0v) is 12.2. The Balaban J connectivity index is 2.20. The third kappa shape index (κ3) is 3.78. The van der Waals surface area contributed by atoms with Gasteiger partial charge in [0.2, 0.25) is 0 Å². The van der Waals surface area contributed by atoms with E-state index in [9.17, 15) is 4.79 Å². The lowest BCUT2D eigenvalue weighted by Gasteiger charge is -2.07. The van der Waals surface area contributed by atoms with Crippen molar-refractivity contribution in [1.82, 2.24) is 9.97 Å². The molecule has 0 saturated carbocycles. The molecule has 0 aliphatic heterocycles. The number of aromatic nitrogens is 2. The summed E-state index contributed by atoms with van der Waals surface area (Å²) in [5.41, 5.74) is 2.91. The average molecular weight is 290 g/mol. The number of rotatable bonds is 4. The zero-order valence-electron chi connectivity index (χ0n) is 11.5. The number of nitrogens with one attached hydrogen (secondary N) is 1. The molecule has 0 atom stereocenters. The highest BCUT2D eigenvalue weighted by Crippen LogP contribution is 2.15. The maximum atomic E-state index is 12.2. The molecule has 104 valence electrons. The summed E-state index contributed by atoms with van der Waals surface area (Å²) < 4.78 is 0. The summed E-state index contributed by atoms with van der Waals surface area (Å²) >= 11 is 5.96. The van der Waals surface area contributed by atoms with Crippen LogP contribution < -0.4 is 5.32 Å². The Labute approximate surface area is 123 Å². The van der Waals surface area contributed by atoms with Gasteiger partial charge in [0.15, 0.2) is 0 Å². The van der Waals surface area contributed by atoms with Crippen LogP contribution in [0.1, 0.15) is 35.1 Å². The van der Waals surface area contributed by atoms with Gasteiger partial charge in [-0.3, -0.25) is 9.78 Å². The summed E-state index contributed by atoms with van der Waals surface area (Å²) in [5, 5.41) is 3.17. The molecule has 0 bridgehead atoms. The van der Waals surface area contributed by atoms with E-state index in [1.807, 2.05) is 13.0 Å². The van der Waals surface area contributed by atoms with Gasteiger partial charge in [-0.15, -0.1) is 0 Å². The van der Waals surface area contributed by atoms with E-state index in [-0.39, 0.29) is 5.91 Å². The third-order valence-electron chi connectivity index (χ3n) is 2.77. The smallest absolute Gasteiger partial charge is 0.255 e. The van der Waals surface area contributed by atoms with Gasteiger partial charge in [-0.1, -0.05) is 24.9 Å². The van der Waals surface area contributed by atoms with Crippen LogP contribution in [0.15, 0.2) is 30.5 Å². The molecule has 2 aromatic heterocycles. The van der Waals surface area contributed by atoms with Gasteiger partial charge in [0.25, 0.3) is 5.91 Å². The predicted molar refractivity (Wildman–Crippen MR) is 80.2 cm³/mol. The lowest BCUT2D eigenvalue weighted by molar-refractivity contribution is 0.102. The van der Waals surface area contributed by atoms with E-state index in [0.29, 0.717) is 16.4 Å². The molecule has 0 saturated heterocycles. The number of hydrogen-bond acceptors (Lipinski definition) is 3. The molecular weight excluding hydrogens is 274 g/mol. The summed E-state index contributed by atoms with van der Waals surface area (Å²) in [5.74, 6) is -0.197. The van der Waals surface area contributed by atoms with Crippen LogP contribution in [-0.2, 0) is 6.42 Å². The minimum Gasteiger partial charge on any atom is -0.322 e. The first kappa shape index (κ1) is 14.5. The topological polar surface area (TPSA) is 54.9 Å². The summed E-state index contributed by atoms with van der Waals surface area (Å²) in [4.78, 5) is 20.5. The SMILES string of the molecule is CCCc1cc(C(=O)Nc2ccnc(C)c2)cc(Cl)n1. The fourth-order valence-corrected chi connectivity index (χ4v) is 2.12. The molecule has 5 heteroatoms. The lowest BCUT2D eigenvalue weighted by atomic mass is 10.1. The summed E-state index contributed by atoms with van der Waals surface area (Å²) in [6.45, 7) is 3.93. The molecule has 4 nitrogen and oxygen atoms in total. The van der Waals surface area contributed by atoms with Crippen molar-refractivity contribution in [3.63, 3.8) is 0 Å². The van der Waals surface area contributed by atoms with Gasteiger partial charge in [-0.2, -0.15) is 0 Å². The first-order chi connectivity index (χ1) is 9.58. The van der Waals surface area contributed by atoms with E-state index < -0.39 is 0 Å². The number of carbonyl (C=O) groups excluding carboxylic acids is 1. The third-order valence-corrected chi connectivity index (χ3v) is 2.96. The molecule has 0 fully saturated rings. The van der Waals surface area contributed by atoms with E-state index in [1.165, 1.54) is 0 Å². The normalized spacial score (nSPS) is 10.3. The minimum absolute atomic E-state index is 0.197. The highest BCUT2D eigenvalue weighted by Gasteiger charge is 2.09. The van der Waals surface area contributed by atoms with Crippen molar-refractivity contribution in [2.75, 3.05) is 5.32 Å². The number of halogens is 1. The number of anilines is 1. The van der Waals surface area contributed by atoms with Crippen molar-refractivity contribution in [3.05, 3.63) is 52.6 Å². The Bertz CT molecular complexity index is 628. The Morgan fingerprint density at radius 1 is 1.35 bits per heavy atom. The maximum Gasteiger partial charge on any atom is 0.255 e. The Morgan fingerprint density at radius 2 is 2.15 bits per heavy atom. The number of amides is 1. The van der Waals surface area contributed by atoms with Crippen molar-refractivity contribution in [3.8, 4) is 0 Å². The summed E-state index contributed by atoms with van der Waals surface area (Å²) in [6.07, 6.45) is 3.42. The number of nitrogens with zero attached hydrogens (tertiary/aromatic N) is 2. The molecule has 2 heterocycles. The second-order valence-corrected chi connectivity index (χ2v) is 4.95. The largest absolute Gasteiger partial charge is 0.322 e. The van der Waals surface area contributed by atoms with Gasteiger partial charge in [-0.05, 0) is 37.6 Å². The van der Waals surface area contributed by atoms with E-state index >= 15 is 0 Å². The van der Waals surface area contributed by atoms with Gasteiger partial charge < -0.3 is 5.32 Å². The molecule has 2 aromatic rings. The van der Waals surface area contributed by atoms with Crippen LogP contribution in [0.3, 0.4) is 0 Å². The molecule has 0 aromatic carbocycles. The summed E-state index contributed by atoms with van der Waals surface area (Å²) in [6, 6.07) is 6.91. The average Bonchev–Trinajstić information content (AvgIpc) is 2.38. The van der Waals surface area contributed by atoms with E-state index in [1.54, 1.807) is 24.4 Å². The molecule has 0 radical (unpaired) electrons. The van der Waals surface area contributed by atoms with Crippen molar-refractivity contribution in [1.29, 1.82) is 0 Å². The molecule has 20 heavy (non-hydrogen) atoms. The maximum absolute atomic E-state index is 12.2. The fraction of sp³-hybridized carbons (Fsp3) is 0.267. The second kappa shape index (κ2) is 6.48. The van der Waals surface area contributed by atoms with Crippen LogP contribution in [0.5, 0.6) is 0 Å². The number of aryl methyl sites for hydroxylation is 2. The predicted octanol–water partition coefficient (Wildman–Crippen LogP) is 3.64. The molecule has 0 spiro atoms. The Kier molecular flexibility index (Phi) is 4.69. The van der Waals surface area contributed by atoms with Gasteiger partial charge in [0.1, 0.15) is 5.15 Å². The summed E-state index contributed by atoms with van der Waals surface area (Å²) in [7, 11) is 0. The molecular formula is C15H16ClN3O. The highest BCUT2D eigenvalue weighted by molar-refractivity contribution is 6.29. The number of carbonyl (C=O) groups is 1. The van der Waals surface area contributed by atoms with Gasteiger partial charge in [0.05, 0.1) is 0 Å². The van der Waals surface area contributed by atoms with Crippen molar-refractivity contribution >= 4 is 23.2 Å². The fourth-order valence-electron chi connectivity index (χ4n) is 1.89. The quantitative estimate of drug-likeness (QED) is 0.874. The van der Waals surface area contributed by atoms with Gasteiger partial charge in [0, 0.05) is 28.8 Å². The Morgan fingerprint density at radius 3 is 2.85 bits per heavy atom. The van der Waals surface area contributed by atoms with Gasteiger partial charge >= 0.3 is 0 Å². The molecule has 0 aliphatic carbocycles. The molecule has 1 N–H and O–H groups in total. The standard InChI is InChI=1S/C15H16ClN3O/c1-3-4-12-8-11(9-14(16)18-12)15(20)19-13-5-6-17-10(2)7-13/h5-9H,3-4H2,1-2H3,(H,17,19,20). The van der Waals surface area contributed by atoms with E-state index in [4.69, 9.17) is 11.6 Å². The van der Waals surface area contributed by atoms with E-state index in [2.05, 4.69) is 22.2 Å². The van der Waals surface area contributed by atoms with Crippen molar-refractivity contribution < 1.29 is 4.79 Å². The minimum atomic E-state index is -0.197.